The topological polar surface area (TPSA) is 95.5 Å². The number of benzene rings is 1. The van der Waals surface area contributed by atoms with Gasteiger partial charge in [-0.25, -0.2) is 9.59 Å². The maximum absolute atomic E-state index is 11.3. The molecule has 1 aromatic rings. The van der Waals surface area contributed by atoms with Crippen LogP contribution in [-0.4, -0.2) is 29.6 Å². The average Bonchev–Trinajstić information content (AvgIpc) is 2.36. The van der Waals surface area contributed by atoms with Crippen molar-refractivity contribution in [1.82, 2.24) is 10.6 Å². The van der Waals surface area contributed by atoms with Crippen LogP contribution in [0.2, 0.25) is 0 Å². The van der Waals surface area contributed by atoms with E-state index in [1.54, 1.807) is 0 Å². The number of imide groups is 1. The lowest BCUT2D eigenvalue weighted by molar-refractivity contribution is -0.131. The molecule has 1 rings (SSSR count). The molecule has 0 aliphatic carbocycles. The SMILES string of the molecule is Cc1cccc(CCNC(=O)NC(=O)C=CC(=O)O)c1. The van der Waals surface area contributed by atoms with Gasteiger partial charge in [-0.3, -0.25) is 10.1 Å². The number of carbonyl (C=O) groups excluding carboxylic acids is 2. The Hall–Kier alpha value is -2.63. The molecular formula is C14H16N2O4. The van der Waals surface area contributed by atoms with Crippen molar-refractivity contribution >= 4 is 17.9 Å². The van der Waals surface area contributed by atoms with Gasteiger partial charge in [-0.05, 0) is 18.9 Å². The van der Waals surface area contributed by atoms with Crippen LogP contribution in [0.3, 0.4) is 0 Å². The molecule has 6 nitrogen and oxygen atoms in total. The van der Waals surface area contributed by atoms with Gasteiger partial charge in [0.15, 0.2) is 0 Å². The van der Waals surface area contributed by atoms with Crippen molar-refractivity contribution in [3.8, 4) is 0 Å². The zero-order valence-corrected chi connectivity index (χ0v) is 11.1. The van der Waals surface area contributed by atoms with E-state index >= 15 is 0 Å². The fraction of sp³-hybridized carbons (Fsp3) is 0.214. The summed E-state index contributed by atoms with van der Waals surface area (Å²) in [4.78, 5) is 32.6. The number of amides is 3. The van der Waals surface area contributed by atoms with Gasteiger partial charge < -0.3 is 10.4 Å². The first-order valence-corrected chi connectivity index (χ1v) is 6.03. The minimum Gasteiger partial charge on any atom is -0.478 e. The molecule has 0 aromatic heterocycles. The third kappa shape index (κ3) is 6.34. The highest BCUT2D eigenvalue weighted by Gasteiger charge is 2.04. The van der Waals surface area contributed by atoms with Crippen LogP contribution >= 0.6 is 0 Å². The lowest BCUT2D eigenvalue weighted by Crippen LogP contribution is -2.39. The normalized spacial score (nSPS) is 10.2. The van der Waals surface area contributed by atoms with Gasteiger partial charge in [0.1, 0.15) is 0 Å². The summed E-state index contributed by atoms with van der Waals surface area (Å²) in [7, 11) is 0. The number of urea groups is 1. The van der Waals surface area contributed by atoms with E-state index in [4.69, 9.17) is 5.11 Å². The van der Waals surface area contributed by atoms with Crippen molar-refractivity contribution in [3.63, 3.8) is 0 Å². The van der Waals surface area contributed by atoms with Crippen LogP contribution < -0.4 is 10.6 Å². The molecule has 0 saturated heterocycles. The van der Waals surface area contributed by atoms with E-state index in [9.17, 15) is 14.4 Å². The molecule has 0 heterocycles. The quantitative estimate of drug-likeness (QED) is 0.699. The lowest BCUT2D eigenvalue weighted by Gasteiger charge is -2.05. The molecule has 0 aliphatic heterocycles. The summed E-state index contributed by atoms with van der Waals surface area (Å²) >= 11 is 0. The fourth-order valence-corrected chi connectivity index (χ4v) is 1.53. The van der Waals surface area contributed by atoms with Crippen LogP contribution in [0.15, 0.2) is 36.4 Å². The first-order chi connectivity index (χ1) is 9.47. The average molecular weight is 276 g/mol. The predicted octanol–water partition coefficient (Wildman–Crippen LogP) is 1.00. The summed E-state index contributed by atoms with van der Waals surface area (Å²) in [5.41, 5.74) is 2.23. The molecule has 0 spiro atoms. The summed E-state index contributed by atoms with van der Waals surface area (Å²) in [5.74, 6) is -2.03. The van der Waals surface area contributed by atoms with E-state index in [-0.39, 0.29) is 0 Å². The van der Waals surface area contributed by atoms with Crippen molar-refractivity contribution in [3.05, 3.63) is 47.5 Å². The third-order valence-corrected chi connectivity index (χ3v) is 2.40. The number of nitrogens with one attached hydrogen (secondary N) is 2. The molecule has 0 unspecified atom stereocenters. The molecule has 1 aromatic carbocycles. The zero-order chi connectivity index (χ0) is 15.0. The van der Waals surface area contributed by atoms with Crippen LogP contribution in [0, 0.1) is 6.92 Å². The summed E-state index contributed by atoms with van der Waals surface area (Å²) < 4.78 is 0. The number of aryl methyl sites for hydroxylation is 1. The van der Waals surface area contributed by atoms with E-state index in [0.29, 0.717) is 19.0 Å². The Morgan fingerprint density at radius 1 is 1.25 bits per heavy atom. The largest absolute Gasteiger partial charge is 0.478 e. The van der Waals surface area contributed by atoms with Crippen molar-refractivity contribution in [2.45, 2.75) is 13.3 Å². The van der Waals surface area contributed by atoms with Gasteiger partial charge in [-0.1, -0.05) is 29.8 Å². The van der Waals surface area contributed by atoms with Gasteiger partial charge in [0.2, 0.25) is 0 Å². The summed E-state index contributed by atoms with van der Waals surface area (Å²) in [5, 5.41) is 12.8. The molecule has 0 atom stereocenters. The number of hydrogen-bond donors (Lipinski definition) is 3. The van der Waals surface area contributed by atoms with E-state index in [0.717, 1.165) is 17.2 Å². The van der Waals surface area contributed by atoms with Crippen molar-refractivity contribution in [2.24, 2.45) is 0 Å². The number of carboxylic acids is 1. The van der Waals surface area contributed by atoms with Crippen molar-refractivity contribution in [1.29, 1.82) is 0 Å². The molecule has 0 saturated carbocycles. The smallest absolute Gasteiger partial charge is 0.328 e. The van der Waals surface area contributed by atoms with Gasteiger partial charge in [-0.2, -0.15) is 0 Å². The minimum absolute atomic E-state index is 0.380. The highest BCUT2D eigenvalue weighted by Crippen LogP contribution is 2.03. The number of hydrogen-bond acceptors (Lipinski definition) is 3. The summed E-state index contributed by atoms with van der Waals surface area (Å²) in [6.07, 6.45) is 2.09. The number of aliphatic carboxylic acids is 1. The molecule has 106 valence electrons. The maximum atomic E-state index is 11.3. The second kappa shape index (κ2) is 7.73. The molecule has 3 amide bonds. The number of carboxylic acid groups (broad SMARTS) is 1. The van der Waals surface area contributed by atoms with Gasteiger partial charge >= 0.3 is 12.0 Å². The lowest BCUT2D eigenvalue weighted by atomic mass is 10.1. The Morgan fingerprint density at radius 3 is 2.65 bits per heavy atom. The number of carbonyl (C=O) groups is 3. The van der Waals surface area contributed by atoms with Gasteiger partial charge in [0.05, 0.1) is 0 Å². The Balaban J connectivity index is 2.30. The molecule has 3 N–H and O–H groups in total. The van der Waals surface area contributed by atoms with Gasteiger partial charge in [0.25, 0.3) is 5.91 Å². The Labute approximate surface area is 116 Å². The highest BCUT2D eigenvalue weighted by atomic mass is 16.4. The standard InChI is InChI=1S/C14H16N2O4/c1-10-3-2-4-11(9-10)7-8-15-14(20)16-12(17)5-6-13(18)19/h2-6,9H,7-8H2,1H3,(H,18,19)(H2,15,16,17,20). The Morgan fingerprint density at radius 2 is 2.00 bits per heavy atom. The molecule has 0 fully saturated rings. The molecule has 6 heteroatoms. The summed E-state index contributed by atoms with van der Waals surface area (Å²) in [6, 6.07) is 7.23. The molecule has 20 heavy (non-hydrogen) atoms. The monoisotopic (exact) mass is 276 g/mol. The van der Waals surface area contributed by atoms with Gasteiger partial charge in [0, 0.05) is 18.7 Å². The second-order valence-corrected chi connectivity index (χ2v) is 4.16. The first kappa shape index (κ1) is 15.4. The second-order valence-electron chi connectivity index (χ2n) is 4.16. The molecule has 0 radical (unpaired) electrons. The van der Waals surface area contributed by atoms with E-state index < -0.39 is 17.9 Å². The zero-order valence-electron chi connectivity index (χ0n) is 11.1. The Bertz CT molecular complexity index is 538. The molecular weight excluding hydrogens is 260 g/mol. The first-order valence-electron chi connectivity index (χ1n) is 6.03. The van der Waals surface area contributed by atoms with Crippen LogP contribution in [0.4, 0.5) is 4.79 Å². The Kier molecular flexibility index (Phi) is 5.96. The van der Waals surface area contributed by atoms with Crippen LogP contribution in [-0.2, 0) is 16.0 Å². The van der Waals surface area contributed by atoms with Crippen LogP contribution in [0.5, 0.6) is 0 Å². The molecule has 0 aliphatic rings. The third-order valence-electron chi connectivity index (χ3n) is 2.40. The minimum atomic E-state index is -1.25. The molecule has 0 bridgehead atoms. The van der Waals surface area contributed by atoms with Crippen molar-refractivity contribution in [2.75, 3.05) is 6.54 Å². The van der Waals surface area contributed by atoms with Crippen LogP contribution in [0.25, 0.3) is 0 Å². The van der Waals surface area contributed by atoms with Crippen molar-refractivity contribution < 1.29 is 19.5 Å². The summed E-state index contributed by atoms with van der Waals surface area (Å²) in [6.45, 7) is 2.36. The van der Waals surface area contributed by atoms with Gasteiger partial charge in [-0.15, -0.1) is 0 Å². The van der Waals surface area contributed by atoms with E-state index in [1.165, 1.54) is 0 Å². The fourth-order valence-electron chi connectivity index (χ4n) is 1.53. The predicted molar refractivity (Wildman–Crippen MR) is 73.2 cm³/mol. The maximum Gasteiger partial charge on any atom is 0.328 e. The van der Waals surface area contributed by atoms with E-state index in [1.807, 2.05) is 36.5 Å². The van der Waals surface area contributed by atoms with E-state index in [2.05, 4.69) is 5.32 Å². The highest BCUT2D eigenvalue weighted by molar-refractivity contribution is 6.02. The van der Waals surface area contributed by atoms with Crippen LogP contribution in [0.1, 0.15) is 11.1 Å². The number of rotatable bonds is 5.